The van der Waals surface area contributed by atoms with Gasteiger partial charge in [-0.15, -0.1) is 11.3 Å². The number of piperidine rings is 2. The minimum atomic E-state index is -4.68. The summed E-state index contributed by atoms with van der Waals surface area (Å²) in [6.07, 6.45) is -1.02. The number of carbonyl (C=O) groups excluding carboxylic acids is 3. The van der Waals surface area contributed by atoms with E-state index in [-0.39, 0.29) is 40.7 Å². The molecule has 274 valence electrons. The second kappa shape index (κ2) is 15.5. The summed E-state index contributed by atoms with van der Waals surface area (Å²) in [4.78, 5) is 50.6. The third-order valence-electron chi connectivity index (χ3n) is 10.6. The number of likely N-dealkylation sites (tertiary alicyclic amines) is 2. The number of halogens is 4. The second-order valence-corrected chi connectivity index (χ2v) is 14.9. The predicted octanol–water partition coefficient (Wildman–Crippen LogP) is 5.22. The molecular weight excluding hydrogens is 693 g/mol. The first-order valence-electron chi connectivity index (χ1n) is 17.4. The number of alkyl halides is 3. The van der Waals surface area contributed by atoms with Crippen LogP contribution in [0.2, 0.25) is 5.02 Å². The Morgan fingerprint density at radius 2 is 1.68 bits per heavy atom. The number of benzene rings is 1. The minimum absolute atomic E-state index is 0.0518. The minimum Gasteiger partial charge on any atom is -0.386 e. The zero-order valence-corrected chi connectivity index (χ0v) is 30.1. The van der Waals surface area contributed by atoms with Crippen LogP contribution in [0.1, 0.15) is 48.8 Å². The van der Waals surface area contributed by atoms with Gasteiger partial charge in [-0.1, -0.05) is 11.6 Å². The van der Waals surface area contributed by atoms with Crippen molar-refractivity contribution in [2.24, 2.45) is 0 Å². The van der Waals surface area contributed by atoms with Crippen molar-refractivity contribution in [1.82, 2.24) is 29.8 Å². The maximum atomic E-state index is 14.1. The second-order valence-electron chi connectivity index (χ2n) is 13.8. The number of urea groups is 2. The maximum absolute atomic E-state index is 14.1. The topological polar surface area (TPSA) is 103 Å². The van der Waals surface area contributed by atoms with E-state index in [2.05, 4.69) is 32.8 Å². The summed E-state index contributed by atoms with van der Waals surface area (Å²) in [7, 11) is 3.50. The van der Waals surface area contributed by atoms with Crippen molar-refractivity contribution in [3.63, 3.8) is 0 Å². The molecule has 0 unspecified atom stereocenters. The van der Waals surface area contributed by atoms with Crippen LogP contribution in [0.5, 0.6) is 0 Å². The third kappa shape index (κ3) is 8.27. The monoisotopic (exact) mass is 738 g/mol. The Labute approximate surface area is 300 Å². The molecule has 5 amide bonds. The first-order chi connectivity index (χ1) is 23.9. The van der Waals surface area contributed by atoms with E-state index in [9.17, 15) is 27.6 Å². The van der Waals surface area contributed by atoms with Gasteiger partial charge < -0.3 is 35.6 Å². The van der Waals surface area contributed by atoms with Crippen LogP contribution in [0, 0.1) is 0 Å². The Balaban J connectivity index is 1.14. The molecule has 0 saturated carbocycles. The van der Waals surface area contributed by atoms with E-state index in [1.165, 1.54) is 24.5 Å². The molecular formula is C34H46ClF3N8O3S. The molecule has 16 heteroatoms. The maximum Gasteiger partial charge on any atom is 0.418 e. The highest BCUT2D eigenvalue weighted by Crippen LogP contribution is 2.40. The van der Waals surface area contributed by atoms with Crippen molar-refractivity contribution in [3.8, 4) is 0 Å². The predicted molar refractivity (Wildman–Crippen MR) is 189 cm³/mol. The summed E-state index contributed by atoms with van der Waals surface area (Å²) in [5.41, 5.74) is 0.938. The van der Waals surface area contributed by atoms with E-state index >= 15 is 0 Å². The van der Waals surface area contributed by atoms with Gasteiger partial charge >= 0.3 is 18.2 Å². The van der Waals surface area contributed by atoms with E-state index in [1.807, 2.05) is 10.8 Å². The highest BCUT2D eigenvalue weighted by molar-refractivity contribution is 7.08. The number of carbonyl (C=O) groups is 3. The van der Waals surface area contributed by atoms with Gasteiger partial charge in [-0.05, 0) is 75.3 Å². The number of rotatable bonds is 7. The van der Waals surface area contributed by atoms with Gasteiger partial charge in [0.05, 0.1) is 28.5 Å². The first kappa shape index (κ1) is 36.5. The lowest BCUT2D eigenvalue weighted by atomic mass is 9.98. The van der Waals surface area contributed by atoms with Crippen molar-refractivity contribution in [2.75, 3.05) is 77.1 Å². The smallest absolute Gasteiger partial charge is 0.386 e. The van der Waals surface area contributed by atoms with Gasteiger partial charge in [0.25, 0.3) is 0 Å². The molecule has 3 fully saturated rings. The van der Waals surface area contributed by atoms with Crippen LogP contribution in [0.25, 0.3) is 0 Å². The lowest BCUT2D eigenvalue weighted by Crippen LogP contribution is -2.57. The Morgan fingerprint density at radius 3 is 2.38 bits per heavy atom. The van der Waals surface area contributed by atoms with Crippen LogP contribution in [-0.4, -0.2) is 127 Å². The number of nitrogens with one attached hydrogen (secondary N) is 3. The fraction of sp³-hybridized carbons (Fsp3) is 0.618. The molecule has 5 heterocycles. The van der Waals surface area contributed by atoms with Crippen molar-refractivity contribution >= 4 is 52.3 Å². The van der Waals surface area contributed by atoms with Gasteiger partial charge in [0, 0.05) is 75.8 Å². The van der Waals surface area contributed by atoms with E-state index in [0.717, 1.165) is 62.8 Å². The fourth-order valence-electron chi connectivity index (χ4n) is 7.71. The van der Waals surface area contributed by atoms with Crippen LogP contribution in [0.15, 0.2) is 22.9 Å². The summed E-state index contributed by atoms with van der Waals surface area (Å²) < 4.78 is 42.1. The van der Waals surface area contributed by atoms with Gasteiger partial charge in [-0.25, -0.2) is 9.59 Å². The summed E-state index contributed by atoms with van der Waals surface area (Å²) in [6, 6.07) is 1.03. The first-order valence-corrected chi connectivity index (χ1v) is 18.7. The molecule has 1 atom stereocenters. The molecule has 3 saturated heterocycles. The van der Waals surface area contributed by atoms with Gasteiger partial charge in [0.2, 0.25) is 5.91 Å². The Kier molecular flexibility index (Phi) is 11.4. The van der Waals surface area contributed by atoms with Crippen molar-refractivity contribution in [2.45, 2.75) is 69.4 Å². The number of hydrogen-bond donors (Lipinski definition) is 3. The molecule has 0 radical (unpaired) electrons. The lowest BCUT2D eigenvalue weighted by Gasteiger charge is -2.41. The highest BCUT2D eigenvalue weighted by atomic mass is 35.5. The normalized spacial score (nSPS) is 21.0. The van der Waals surface area contributed by atoms with E-state index in [0.29, 0.717) is 51.6 Å². The third-order valence-corrected chi connectivity index (χ3v) is 11.7. The molecule has 11 nitrogen and oxygen atoms in total. The largest absolute Gasteiger partial charge is 0.418 e. The zero-order valence-electron chi connectivity index (χ0n) is 28.5. The Morgan fingerprint density at radius 1 is 0.980 bits per heavy atom. The van der Waals surface area contributed by atoms with Gasteiger partial charge in [-0.2, -0.15) is 13.2 Å². The summed E-state index contributed by atoms with van der Waals surface area (Å²) in [5.74, 6) is -0.318. The molecule has 4 aliphatic heterocycles. The van der Waals surface area contributed by atoms with Crippen molar-refractivity contribution in [1.29, 1.82) is 0 Å². The number of fused-ring (bicyclic) bond motifs is 1. The quantitative estimate of drug-likeness (QED) is 0.360. The average molecular weight is 739 g/mol. The number of nitrogens with zero attached hydrogens (tertiary/aromatic N) is 5. The zero-order chi connectivity index (χ0) is 35.6. The van der Waals surface area contributed by atoms with Gasteiger partial charge in [-0.3, -0.25) is 9.69 Å². The van der Waals surface area contributed by atoms with Crippen molar-refractivity contribution < 1.29 is 27.6 Å². The van der Waals surface area contributed by atoms with Crippen LogP contribution in [0.3, 0.4) is 0 Å². The molecule has 2 aromatic rings. The summed E-state index contributed by atoms with van der Waals surface area (Å²) >= 11 is 7.84. The van der Waals surface area contributed by atoms with Gasteiger partial charge in [0.1, 0.15) is 6.04 Å². The number of likely N-dealkylation sites (N-methyl/N-ethyl adjacent to an activating group) is 1. The number of anilines is 2. The van der Waals surface area contributed by atoms with E-state index in [4.69, 9.17) is 11.6 Å². The number of thiophene rings is 1. The number of hydrogen-bond acceptors (Lipinski definition) is 7. The lowest BCUT2D eigenvalue weighted by molar-refractivity contribution is -0.137. The molecule has 4 aliphatic rings. The Hall–Kier alpha value is -3.27. The molecule has 50 heavy (non-hydrogen) atoms. The molecule has 0 spiro atoms. The van der Waals surface area contributed by atoms with Crippen LogP contribution in [0.4, 0.5) is 34.1 Å². The summed E-state index contributed by atoms with van der Waals surface area (Å²) in [6.45, 7) is 6.32. The molecule has 1 aromatic heterocycles. The van der Waals surface area contributed by atoms with E-state index < -0.39 is 23.8 Å². The highest BCUT2D eigenvalue weighted by Gasteiger charge is 2.38. The van der Waals surface area contributed by atoms with Gasteiger partial charge in [0.15, 0.2) is 0 Å². The Bertz CT molecular complexity index is 1540. The molecule has 6 rings (SSSR count). The molecule has 0 bridgehead atoms. The standard InChI is InChI=1S/C34H46ClF3N8O3S/c1-39-30-26(34(36,37)38)16-22(17-27(30)35)18-28(31(47)44-10-4-24(5-11-44)43-9-3-8-42(2)14-15-43)40-32(48)45-12-6-25(7-13-45)46-19-23-20-50-21-29(23)41-33(46)49/h16-17,20-21,24-25,28,39H,3-15,18-19H2,1-2H3,(H,40,48)(H,41,49)/t28-/m1/s1. The van der Waals surface area contributed by atoms with Crippen LogP contribution >= 0.6 is 22.9 Å². The van der Waals surface area contributed by atoms with Crippen molar-refractivity contribution in [3.05, 3.63) is 44.6 Å². The molecule has 3 N–H and O–H groups in total. The number of amides is 5. The van der Waals surface area contributed by atoms with Crippen LogP contribution < -0.4 is 16.0 Å². The molecule has 1 aromatic carbocycles. The van der Waals surface area contributed by atoms with E-state index in [1.54, 1.807) is 14.7 Å². The fourth-order valence-corrected chi connectivity index (χ4v) is 8.83. The summed E-state index contributed by atoms with van der Waals surface area (Å²) in [5, 5.41) is 12.2. The molecule has 0 aliphatic carbocycles. The SMILES string of the molecule is CNc1c(Cl)cc(C[C@@H](NC(=O)N2CCC(N3Cc4cscc4NC3=O)CC2)C(=O)N2CCC(N3CCCN(C)CC3)CC2)cc1C(F)(F)F. The van der Waals surface area contributed by atoms with Crippen LogP contribution in [-0.2, 0) is 23.9 Å². The average Bonchev–Trinajstić information content (AvgIpc) is 3.44.